The van der Waals surface area contributed by atoms with Crippen molar-refractivity contribution >= 4 is 11.6 Å². The van der Waals surface area contributed by atoms with Crippen LogP contribution in [-0.4, -0.2) is 19.0 Å². The molecule has 0 spiro atoms. The van der Waals surface area contributed by atoms with Crippen molar-refractivity contribution in [3.63, 3.8) is 0 Å². The zero-order chi connectivity index (χ0) is 13.1. The molecule has 0 bridgehead atoms. The summed E-state index contributed by atoms with van der Waals surface area (Å²) in [5, 5.41) is 6.38. The maximum Gasteiger partial charge on any atom is 0.228 e. The number of rotatable bonds is 2. The third-order valence-corrected chi connectivity index (χ3v) is 3.59. The first-order chi connectivity index (χ1) is 8.58. The third kappa shape index (κ3) is 2.91. The second-order valence-electron chi connectivity index (χ2n) is 5.31. The van der Waals surface area contributed by atoms with E-state index in [4.69, 9.17) is 0 Å². The van der Waals surface area contributed by atoms with Crippen LogP contribution in [0.4, 0.5) is 5.69 Å². The van der Waals surface area contributed by atoms with Gasteiger partial charge in [0, 0.05) is 12.2 Å². The number of carbonyl (C=O) groups is 1. The highest BCUT2D eigenvalue weighted by molar-refractivity contribution is 5.94. The Balaban J connectivity index is 2.11. The molecule has 1 amide bonds. The quantitative estimate of drug-likeness (QED) is 0.842. The van der Waals surface area contributed by atoms with Crippen LogP contribution in [0.3, 0.4) is 0 Å². The Morgan fingerprint density at radius 3 is 2.50 bits per heavy atom. The summed E-state index contributed by atoms with van der Waals surface area (Å²) in [6, 6.07) is 4.23. The van der Waals surface area contributed by atoms with Gasteiger partial charge in [0.1, 0.15) is 0 Å². The van der Waals surface area contributed by atoms with Crippen LogP contribution in [0, 0.1) is 26.7 Å². The highest BCUT2D eigenvalue weighted by atomic mass is 16.1. The minimum atomic E-state index is 0.110. The van der Waals surface area contributed by atoms with E-state index in [1.54, 1.807) is 0 Å². The zero-order valence-corrected chi connectivity index (χ0v) is 11.5. The lowest BCUT2D eigenvalue weighted by Gasteiger charge is -2.23. The van der Waals surface area contributed by atoms with Crippen LogP contribution in [0.15, 0.2) is 12.1 Å². The van der Waals surface area contributed by atoms with Crippen LogP contribution in [0.5, 0.6) is 0 Å². The molecule has 0 saturated carbocycles. The first-order valence-corrected chi connectivity index (χ1v) is 6.67. The Morgan fingerprint density at radius 2 is 1.94 bits per heavy atom. The van der Waals surface area contributed by atoms with E-state index in [1.807, 2.05) is 0 Å². The number of anilines is 1. The van der Waals surface area contributed by atoms with E-state index >= 15 is 0 Å². The van der Waals surface area contributed by atoms with Gasteiger partial charge in [-0.05, 0) is 51.3 Å². The molecule has 18 heavy (non-hydrogen) atoms. The van der Waals surface area contributed by atoms with E-state index in [0.717, 1.165) is 42.7 Å². The Morgan fingerprint density at radius 1 is 1.28 bits per heavy atom. The smallest absolute Gasteiger partial charge is 0.228 e. The summed E-state index contributed by atoms with van der Waals surface area (Å²) in [5.41, 5.74) is 4.51. The van der Waals surface area contributed by atoms with Gasteiger partial charge in [-0.25, -0.2) is 0 Å². The second-order valence-corrected chi connectivity index (χ2v) is 5.31. The largest absolute Gasteiger partial charge is 0.325 e. The molecule has 0 radical (unpaired) electrons. The van der Waals surface area contributed by atoms with Gasteiger partial charge in [-0.1, -0.05) is 17.7 Å². The molecule has 1 aliphatic rings. The van der Waals surface area contributed by atoms with Gasteiger partial charge in [-0.15, -0.1) is 0 Å². The molecule has 1 fully saturated rings. The number of hydrogen-bond acceptors (Lipinski definition) is 2. The molecule has 3 heteroatoms. The van der Waals surface area contributed by atoms with Crippen molar-refractivity contribution < 1.29 is 4.79 Å². The fraction of sp³-hybridized carbons (Fsp3) is 0.533. The van der Waals surface area contributed by atoms with Crippen molar-refractivity contribution in [2.75, 3.05) is 18.4 Å². The van der Waals surface area contributed by atoms with Crippen LogP contribution in [0.25, 0.3) is 0 Å². The normalized spacial score (nSPS) is 19.6. The van der Waals surface area contributed by atoms with Crippen LogP contribution in [0.2, 0.25) is 0 Å². The second kappa shape index (κ2) is 5.53. The first kappa shape index (κ1) is 13.1. The van der Waals surface area contributed by atoms with E-state index in [9.17, 15) is 4.79 Å². The Kier molecular flexibility index (Phi) is 4.02. The van der Waals surface area contributed by atoms with Gasteiger partial charge in [0.05, 0.1) is 5.92 Å². The molecule has 1 aromatic rings. The van der Waals surface area contributed by atoms with Gasteiger partial charge >= 0.3 is 0 Å². The van der Waals surface area contributed by atoms with Gasteiger partial charge < -0.3 is 10.6 Å². The molecule has 1 saturated heterocycles. The van der Waals surface area contributed by atoms with Gasteiger partial charge in [-0.2, -0.15) is 0 Å². The summed E-state index contributed by atoms with van der Waals surface area (Å²) >= 11 is 0. The molecule has 1 aliphatic heterocycles. The number of nitrogens with one attached hydrogen (secondary N) is 2. The fourth-order valence-corrected chi connectivity index (χ4v) is 2.68. The highest BCUT2D eigenvalue weighted by Gasteiger charge is 2.21. The number of carbonyl (C=O) groups excluding carboxylic acids is 1. The van der Waals surface area contributed by atoms with Crippen LogP contribution < -0.4 is 10.6 Å². The van der Waals surface area contributed by atoms with Crippen molar-refractivity contribution in [3.8, 4) is 0 Å². The Hall–Kier alpha value is -1.35. The number of benzene rings is 1. The minimum absolute atomic E-state index is 0.110. The highest BCUT2D eigenvalue weighted by Crippen LogP contribution is 2.23. The Bertz CT molecular complexity index is 425. The molecule has 2 rings (SSSR count). The van der Waals surface area contributed by atoms with E-state index < -0.39 is 0 Å². The number of piperidine rings is 1. The monoisotopic (exact) mass is 246 g/mol. The summed E-state index contributed by atoms with van der Waals surface area (Å²) < 4.78 is 0. The molecule has 0 aromatic heterocycles. The summed E-state index contributed by atoms with van der Waals surface area (Å²) in [4.78, 5) is 12.2. The van der Waals surface area contributed by atoms with Crippen molar-refractivity contribution in [3.05, 3.63) is 28.8 Å². The molecule has 0 unspecified atom stereocenters. The van der Waals surface area contributed by atoms with Crippen LogP contribution in [0.1, 0.15) is 29.5 Å². The molecule has 2 N–H and O–H groups in total. The maximum atomic E-state index is 12.2. The van der Waals surface area contributed by atoms with Gasteiger partial charge in [0.25, 0.3) is 0 Å². The average molecular weight is 246 g/mol. The third-order valence-electron chi connectivity index (χ3n) is 3.59. The topological polar surface area (TPSA) is 41.1 Å². The van der Waals surface area contributed by atoms with Gasteiger partial charge in [0.15, 0.2) is 0 Å². The fourth-order valence-electron chi connectivity index (χ4n) is 2.68. The lowest BCUT2D eigenvalue weighted by molar-refractivity contribution is -0.120. The summed E-state index contributed by atoms with van der Waals surface area (Å²) in [6.07, 6.45) is 2.08. The summed E-state index contributed by atoms with van der Waals surface area (Å²) in [5.74, 6) is 0.260. The number of hydrogen-bond donors (Lipinski definition) is 2. The van der Waals surface area contributed by atoms with Crippen molar-refractivity contribution in [2.24, 2.45) is 5.92 Å². The van der Waals surface area contributed by atoms with Crippen molar-refractivity contribution in [1.82, 2.24) is 5.32 Å². The van der Waals surface area contributed by atoms with Crippen molar-refractivity contribution in [1.29, 1.82) is 0 Å². The Labute approximate surface area is 109 Å². The SMILES string of the molecule is Cc1cc(C)c(NC(=O)[C@@H]2CCCNC2)c(C)c1. The molecule has 1 atom stereocenters. The molecule has 3 nitrogen and oxygen atoms in total. The molecule has 0 aliphatic carbocycles. The summed E-state index contributed by atoms with van der Waals surface area (Å²) in [7, 11) is 0. The molecular formula is C15H22N2O. The molecule has 1 aromatic carbocycles. The number of aryl methyl sites for hydroxylation is 3. The van der Waals surface area contributed by atoms with E-state index in [1.165, 1.54) is 5.56 Å². The standard InChI is InChI=1S/C15H22N2O/c1-10-7-11(2)14(12(3)8-10)17-15(18)13-5-4-6-16-9-13/h7-8,13,16H,4-6,9H2,1-3H3,(H,17,18)/t13-/m1/s1. The molecule has 98 valence electrons. The van der Waals surface area contributed by atoms with E-state index in [0.29, 0.717) is 0 Å². The van der Waals surface area contributed by atoms with Gasteiger partial charge in [-0.3, -0.25) is 4.79 Å². The van der Waals surface area contributed by atoms with Crippen LogP contribution in [-0.2, 0) is 4.79 Å². The lowest BCUT2D eigenvalue weighted by Crippen LogP contribution is -2.37. The van der Waals surface area contributed by atoms with Crippen LogP contribution >= 0.6 is 0 Å². The minimum Gasteiger partial charge on any atom is -0.325 e. The van der Waals surface area contributed by atoms with Crippen molar-refractivity contribution in [2.45, 2.75) is 33.6 Å². The predicted molar refractivity (Wildman–Crippen MR) is 74.9 cm³/mol. The first-order valence-electron chi connectivity index (χ1n) is 6.67. The average Bonchev–Trinajstić information content (AvgIpc) is 2.34. The summed E-state index contributed by atoms with van der Waals surface area (Å²) in [6.45, 7) is 8.02. The van der Waals surface area contributed by atoms with Gasteiger partial charge in [0.2, 0.25) is 5.91 Å². The van der Waals surface area contributed by atoms with E-state index in [2.05, 4.69) is 43.5 Å². The van der Waals surface area contributed by atoms with E-state index in [-0.39, 0.29) is 11.8 Å². The number of amides is 1. The zero-order valence-electron chi connectivity index (χ0n) is 11.5. The lowest BCUT2D eigenvalue weighted by atomic mass is 9.98. The molecule has 1 heterocycles. The molecular weight excluding hydrogens is 224 g/mol. The predicted octanol–water partition coefficient (Wildman–Crippen LogP) is 2.55. The maximum absolute atomic E-state index is 12.2.